The van der Waals surface area contributed by atoms with Crippen LogP contribution in [0.25, 0.3) is 172 Å². The van der Waals surface area contributed by atoms with Gasteiger partial charge >= 0.3 is 0 Å². The predicted octanol–water partition coefficient (Wildman–Crippen LogP) is 23.1. The van der Waals surface area contributed by atoms with Gasteiger partial charge in [-0.05, 0) is 139 Å². The number of allylic oxidation sites excluding steroid dienone is 2. The van der Waals surface area contributed by atoms with Crippen LogP contribution in [0.1, 0.15) is 11.5 Å². The Bertz CT molecular complexity index is 6960. The zero-order chi connectivity index (χ0) is 66.7. The van der Waals surface area contributed by atoms with E-state index in [-0.39, 0.29) is 12.0 Å². The van der Waals surface area contributed by atoms with Crippen LogP contribution in [0.4, 0.5) is 11.4 Å². The Morgan fingerprint density at radius 1 is 0.235 bits per heavy atom. The summed E-state index contributed by atoms with van der Waals surface area (Å²) in [5, 5.41) is 11.9. The predicted molar refractivity (Wildman–Crippen MR) is 421 cm³/mol. The fraction of sp³-hybridized carbons (Fsp3) is 0.0215. The van der Waals surface area contributed by atoms with Crippen molar-refractivity contribution in [1.29, 1.82) is 0 Å². The highest BCUT2D eigenvalue weighted by molar-refractivity contribution is 6.26. The van der Waals surface area contributed by atoms with Crippen molar-refractivity contribution in [2.75, 3.05) is 4.90 Å². The molecule has 22 rings (SSSR count). The van der Waals surface area contributed by atoms with E-state index in [0.29, 0.717) is 17.5 Å². The number of nitrogens with zero attached hydrogens (tertiary/aromatic N) is 9. The molecule has 0 N–H and O–H groups in total. The molecule has 1 aliphatic carbocycles. The number of anilines is 2. The van der Waals surface area contributed by atoms with Crippen molar-refractivity contribution in [3.05, 3.63) is 351 Å². The van der Waals surface area contributed by atoms with Crippen LogP contribution < -0.4 is 4.90 Å². The van der Waals surface area contributed by atoms with Crippen LogP contribution in [0.5, 0.6) is 0 Å². The number of rotatable bonds is 9. The number of benzene rings is 14. The molecule has 0 spiro atoms. The lowest BCUT2D eigenvalue weighted by molar-refractivity contribution is 0.745. The lowest BCUT2D eigenvalue weighted by Crippen LogP contribution is -2.28. The number of hydrogen-bond acceptors (Lipinski definition) is 4. The highest BCUT2D eigenvalue weighted by Gasteiger charge is 2.39. The summed E-state index contributed by atoms with van der Waals surface area (Å²) in [4.78, 5) is 19.4. The van der Waals surface area contributed by atoms with Gasteiger partial charge in [-0.15, -0.1) is 0 Å². The molecule has 2 unspecified atom stereocenters. The van der Waals surface area contributed by atoms with Crippen LogP contribution in [-0.2, 0) is 0 Å². The summed E-state index contributed by atoms with van der Waals surface area (Å²) in [7, 11) is 0. The van der Waals surface area contributed by atoms with E-state index < -0.39 is 0 Å². The third kappa shape index (κ3) is 8.30. The summed E-state index contributed by atoms with van der Waals surface area (Å²) in [5.74, 6) is 1.83. The smallest absolute Gasteiger partial charge is 0.164 e. The Hall–Kier alpha value is -13.6. The second-order valence-electron chi connectivity index (χ2n) is 27.1. The maximum atomic E-state index is 5.62. The van der Waals surface area contributed by atoms with Gasteiger partial charge < -0.3 is 27.7 Å². The van der Waals surface area contributed by atoms with E-state index in [9.17, 15) is 0 Å². The highest BCUT2D eigenvalue weighted by atomic mass is 15.2. The van der Waals surface area contributed by atoms with Gasteiger partial charge in [0.25, 0.3) is 0 Å². The molecule has 9 nitrogen and oxygen atoms in total. The van der Waals surface area contributed by atoms with Crippen molar-refractivity contribution in [2.45, 2.75) is 12.0 Å². The lowest BCUT2D eigenvalue weighted by Gasteiger charge is -2.29. The van der Waals surface area contributed by atoms with Crippen molar-refractivity contribution in [3.8, 4) is 62.6 Å². The molecule has 2 aliphatic rings. The largest absolute Gasteiger partial charge is 0.333 e. The van der Waals surface area contributed by atoms with E-state index in [1.165, 1.54) is 81.7 Å². The SMILES string of the molecule is C1=CC2c3cc4c(cc3N(c3cccc(-c5nc(-c6cccc(-n7c8ccccc8c8cc9c(cc87)c7ccccc7n9-c7ccccc7)c6)nc(-c6cccc(-n7c8ccccc8c8ccc9c(c%10ccccc%10n9-c9ccccc9)c87)c6)n5)c3)C2C=C1)c1ccccc1n4-c1ccccc1. The van der Waals surface area contributed by atoms with E-state index >= 15 is 0 Å². The Morgan fingerprint density at radius 3 is 1.13 bits per heavy atom. The Labute approximate surface area is 585 Å². The van der Waals surface area contributed by atoms with Gasteiger partial charge in [0, 0.05) is 116 Å². The zero-order valence-corrected chi connectivity index (χ0v) is 55.1. The molecule has 0 saturated carbocycles. The van der Waals surface area contributed by atoms with Crippen molar-refractivity contribution in [3.63, 3.8) is 0 Å². The molecular formula is C93H59N9. The molecule has 14 aromatic carbocycles. The first-order chi connectivity index (χ1) is 50.6. The van der Waals surface area contributed by atoms with Crippen LogP contribution in [0.15, 0.2) is 346 Å². The third-order valence-corrected chi connectivity index (χ3v) is 21.6. The molecule has 0 fully saturated rings. The second kappa shape index (κ2) is 21.9. The summed E-state index contributed by atoms with van der Waals surface area (Å²) in [6, 6.07) is 117. The number of aromatic nitrogens is 8. The van der Waals surface area contributed by atoms with Crippen LogP contribution in [0.2, 0.25) is 0 Å². The minimum atomic E-state index is 0.0366. The molecule has 102 heavy (non-hydrogen) atoms. The van der Waals surface area contributed by atoms with E-state index in [1.807, 2.05) is 0 Å². The molecule has 20 aromatic rings. The minimum absolute atomic E-state index is 0.0366. The monoisotopic (exact) mass is 1300 g/mol. The standard InChI is InChI=1S/C93H59N9/c1-4-28-61(29-5-1)97-83-48-21-15-42-73(83)89-84(97)50-49-72-67-37-10-20-47-82(67)102(90(72)89)66-36-24-27-60(53-66)93-95-91(58-25-22-34-64(51-58)100-80-45-18-13-40-70(80)76-54-85-74(56-87(76)100)68-38-11-16-43-78(68)98(85)62-30-6-2-7-31-62)94-92(96-93)59-26-23-35-65(52-59)101-81-46-19-14-41-71(81)77-55-86-75(57-88(77)101)69-39-12-17-44-79(69)99(86)63-32-8-3-9-33-63/h1-57,70,80H. The fourth-order valence-corrected chi connectivity index (χ4v) is 17.3. The van der Waals surface area contributed by atoms with Crippen molar-refractivity contribution < 1.29 is 0 Å². The first kappa shape index (κ1) is 56.4. The van der Waals surface area contributed by atoms with Gasteiger partial charge in [0.2, 0.25) is 0 Å². The summed E-state index contributed by atoms with van der Waals surface area (Å²) < 4.78 is 12.1. The molecule has 2 atom stereocenters. The first-order valence-electron chi connectivity index (χ1n) is 35.0. The van der Waals surface area contributed by atoms with Crippen molar-refractivity contribution in [1.82, 2.24) is 37.8 Å². The van der Waals surface area contributed by atoms with Gasteiger partial charge in [-0.3, -0.25) is 0 Å². The van der Waals surface area contributed by atoms with E-state index in [2.05, 4.69) is 374 Å². The van der Waals surface area contributed by atoms with E-state index in [0.717, 1.165) is 89.4 Å². The normalized spacial score (nSPS) is 14.4. The van der Waals surface area contributed by atoms with Gasteiger partial charge in [-0.1, -0.05) is 212 Å². The summed E-state index contributed by atoms with van der Waals surface area (Å²) in [6.45, 7) is 0. The number of para-hydroxylation sites is 8. The number of hydrogen-bond donors (Lipinski definition) is 0. The average Bonchev–Trinajstić information content (AvgIpc) is 1.55. The van der Waals surface area contributed by atoms with Gasteiger partial charge in [0.05, 0.1) is 61.2 Å². The second-order valence-corrected chi connectivity index (χ2v) is 27.1. The van der Waals surface area contributed by atoms with Crippen LogP contribution in [-0.4, -0.2) is 43.8 Å². The maximum Gasteiger partial charge on any atom is 0.164 e. The average molecular weight is 1300 g/mol. The van der Waals surface area contributed by atoms with Gasteiger partial charge in [0.1, 0.15) is 0 Å². The Kier molecular flexibility index (Phi) is 12.1. The quantitative estimate of drug-likeness (QED) is 0.144. The topological polar surface area (TPSA) is 66.6 Å². The molecule has 1 aliphatic heterocycles. The fourth-order valence-electron chi connectivity index (χ4n) is 17.3. The van der Waals surface area contributed by atoms with Gasteiger partial charge in [0.15, 0.2) is 17.5 Å². The van der Waals surface area contributed by atoms with Gasteiger partial charge in [-0.25, -0.2) is 15.0 Å². The van der Waals surface area contributed by atoms with Gasteiger partial charge in [-0.2, -0.15) is 0 Å². The van der Waals surface area contributed by atoms with Crippen LogP contribution in [0, 0.1) is 0 Å². The summed E-state index contributed by atoms with van der Waals surface area (Å²) >= 11 is 0. The Balaban J connectivity index is 0.744. The molecule has 0 bridgehead atoms. The molecule has 0 radical (unpaired) electrons. The molecular weight excluding hydrogens is 1240 g/mol. The molecule has 476 valence electrons. The molecule has 7 heterocycles. The zero-order valence-electron chi connectivity index (χ0n) is 55.1. The molecule has 6 aromatic heterocycles. The van der Waals surface area contributed by atoms with Crippen molar-refractivity contribution >= 4 is 120 Å². The van der Waals surface area contributed by atoms with Crippen molar-refractivity contribution in [2.24, 2.45) is 0 Å². The molecule has 9 heteroatoms. The maximum absolute atomic E-state index is 5.62. The molecule has 0 saturated heterocycles. The minimum Gasteiger partial charge on any atom is -0.333 e. The third-order valence-electron chi connectivity index (χ3n) is 21.6. The van der Waals surface area contributed by atoms with E-state index in [1.54, 1.807) is 0 Å². The Morgan fingerprint density at radius 2 is 0.608 bits per heavy atom. The lowest BCUT2D eigenvalue weighted by atomic mass is 9.91. The molecule has 0 amide bonds. The van der Waals surface area contributed by atoms with Crippen LogP contribution in [0.3, 0.4) is 0 Å². The van der Waals surface area contributed by atoms with E-state index in [4.69, 9.17) is 15.0 Å². The van der Waals surface area contributed by atoms with Crippen LogP contribution >= 0.6 is 0 Å². The summed E-state index contributed by atoms with van der Waals surface area (Å²) in [6.07, 6.45) is 9.14. The highest BCUT2D eigenvalue weighted by Crippen LogP contribution is 2.52. The number of fused-ring (bicyclic) bond motifs is 19. The first-order valence-corrected chi connectivity index (χ1v) is 35.0. The summed E-state index contributed by atoms with van der Waals surface area (Å²) in [5.41, 5.74) is 23.0.